The molecule has 150 valence electrons. The minimum Gasteiger partial charge on any atom is -0.493 e. The summed E-state index contributed by atoms with van der Waals surface area (Å²) in [5.41, 5.74) is 4.38. The summed E-state index contributed by atoms with van der Waals surface area (Å²) >= 11 is 1.68. The van der Waals surface area contributed by atoms with Crippen molar-refractivity contribution in [2.45, 2.75) is 12.8 Å². The molecule has 0 aliphatic heterocycles. The van der Waals surface area contributed by atoms with Crippen molar-refractivity contribution in [2.75, 3.05) is 6.61 Å². The van der Waals surface area contributed by atoms with Gasteiger partial charge in [0.2, 0.25) is 0 Å². The zero-order valence-corrected chi connectivity index (χ0v) is 17.3. The molecule has 0 aliphatic carbocycles. The van der Waals surface area contributed by atoms with E-state index >= 15 is 0 Å². The summed E-state index contributed by atoms with van der Waals surface area (Å²) in [6, 6.07) is 22.8. The molecule has 0 unspecified atom stereocenters. The number of aliphatic carboxylic acids is 1. The maximum atomic E-state index is 10.9. The number of carbonyl (C=O) groups is 1. The second kappa shape index (κ2) is 9.42. The van der Waals surface area contributed by atoms with Crippen LogP contribution < -0.4 is 4.74 Å². The first-order valence-electron chi connectivity index (χ1n) is 9.83. The number of rotatable bonds is 8. The van der Waals surface area contributed by atoms with E-state index in [1.165, 1.54) is 21.9 Å². The fraction of sp³-hybridized carbons (Fsp3) is 0.115. The van der Waals surface area contributed by atoms with E-state index in [-0.39, 0.29) is 0 Å². The van der Waals surface area contributed by atoms with Crippen molar-refractivity contribution >= 4 is 34.2 Å². The molecule has 0 saturated carbocycles. The van der Waals surface area contributed by atoms with Crippen LogP contribution in [0.1, 0.15) is 22.3 Å². The Hall–Kier alpha value is -3.37. The van der Waals surface area contributed by atoms with Crippen LogP contribution in [0.2, 0.25) is 0 Å². The molecule has 0 fully saturated rings. The first-order chi connectivity index (χ1) is 14.7. The van der Waals surface area contributed by atoms with Gasteiger partial charge in [0.25, 0.3) is 0 Å². The summed E-state index contributed by atoms with van der Waals surface area (Å²) in [6.07, 6.45) is 4.33. The summed E-state index contributed by atoms with van der Waals surface area (Å²) in [7, 11) is 0. The van der Waals surface area contributed by atoms with Crippen LogP contribution in [0.4, 0.5) is 0 Å². The van der Waals surface area contributed by atoms with Crippen LogP contribution in [-0.4, -0.2) is 17.7 Å². The van der Waals surface area contributed by atoms with E-state index in [1.54, 1.807) is 17.4 Å². The summed E-state index contributed by atoms with van der Waals surface area (Å²) < 4.78 is 6.10. The van der Waals surface area contributed by atoms with E-state index in [2.05, 4.69) is 47.2 Å². The number of carboxylic acid groups (broad SMARTS) is 1. The largest absolute Gasteiger partial charge is 0.493 e. The maximum Gasteiger partial charge on any atom is 0.328 e. The van der Waals surface area contributed by atoms with E-state index < -0.39 is 5.97 Å². The third kappa shape index (κ3) is 5.16. The van der Waals surface area contributed by atoms with Crippen molar-refractivity contribution in [1.29, 1.82) is 0 Å². The minimum atomic E-state index is -0.973. The Labute approximate surface area is 179 Å². The Morgan fingerprint density at radius 2 is 1.77 bits per heavy atom. The molecule has 30 heavy (non-hydrogen) atoms. The summed E-state index contributed by atoms with van der Waals surface area (Å²) in [5, 5.41) is 15.6. The van der Waals surface area contributed by atoms with Gasteiger partial charge in [-0.25, -0.2) is 4.79 Å². The zero-order valence-electron chi connectivity index (χ0n) is 16.5. The Morgan fingerprint density at radius 3 is 2.57 bits per heavy atom. The van der Waals surface area contributed by atoms with Gasteiger partial charge in [-0.2, -0.15) is 11.3 Å². The van der Waals surface area contributed by atoms with Gasteiger partial charge in [-0.3, -0.25) is 0 Å². The van der Waals surface area contributed by atoms with Gasteiger partial charge < -0.3 is 9.84 Å². The van der Waals surface area contributed by atoms with Crippen molar-refractivity contribution in [1.82, 2.24) is 0 Å². The lowest BCUT2D eigenvalue weighted by Crippen LogP contribution is -2.03. The average molecular weight is 415 g/mol. The van der Waals surface area contributed by atoms with Crippen molar-refractivity contribution in [3.63, 3.8) is 0 Å². The number of carboxylic acids is 1. The van der Waals surface area contributed by atoms with Gasteiger partial charge in [-0.1, -0.05) is 54.6 Å². The molecular formula is C26H22O3S. The monoisotopic (exact) mass is 414 g/mol. The third-order valence-electron chi connectivity index (χ3n) is 4.93. The Kier molecular flexibility index (Phi) is 6.26. The molecule has 1 N–H and O–H groups in total. The maximum absolute atomic E-state index is 10.9. The molecule has 1 aromatic heterocycles. The van der Waals surface area contributed by atoms with Crippen LogP contribution in [0.15, 0.2) is 83.6 Å². The lowest BCUT2D eigenvalue weighted by molar-refractivity contribution is -0.131. The van der Waals surface area contributed by atoms with E-state index in [0.717, 1.165) is 30.0 Å². The molecule has 0 spiro atoms. The van der Waals surface area contributed by atoms with Crippen LogP contribution >= 0.6 is 11.3 Å². The number of ether oxygens (including phenoxy) is 1. The number of hydrogen-bond acceptors (Lipinski definition) is 3. The van der Waals surface area contributed by atoms with Crippen LogP contribution in [0, 0.1) is 0 Å². The van der Waals surface area contributed by atoms with Gasteiger partial charge in [0.15, 0.2) is 0 Å². The molecule has 0 bridgehead atoms. The summed E-state index contributed by atoms with van der Waals surface area (Å²) in [4.78, 5) is 10.9. The van der Waals surface area contributed by atoms with Crippen molar-refractivity contribution in [3.8, 4) is 5.75 Å². The highest BCUT2D eigenvalue weighted by Gasteiger charge is 2.06. The first kappa shape index (κ1) is 19.9. The van der Waals surface area contributed by atoms with E-state index in [4.69, 9.17) is 9.84 Å². The highest BCUT2D eigenvalue weighted by molar-refractivity contribution is 7.07. The molecule has 4 heteroatoms. The van der Waals surface area contributed by atoms with Gasteiger partial charge in [0, 0.05) is 18.1 Å². The molecule has 1 heterocycles. The topological polar surface area (TPSA) is 46.5 Å². The van der Waals surface area contributed by atoms with Crippen LogP contribution in [0.25, 0.3) is 16.8 Å². The van der Waals surface area contributed by atoms with E-state index in [9.17, 15) is 4.79 Å². The average Bonchev–Trinajstić information content (AvgIpc) is 3.26. The van der Waals surface area contributed by atoms with Crippen LogP contribution in [-0.2, 0) is 17.6 Å². The van der Waals surface area contributed by atoms with Gasteiger partial charge in [-0.15, -0.1) is 0 Å². The highest BCUT2D eigenvalue weighted by atomic mass is 32.1. The number of benzene rings is 3. The normalized spacial score (nSPS) is 11.2. The lowest BCUT2D eigenvalue weighted by atomic mass is 10.0. The zero-order chi connectivity index (χ0) is 20.8. The smallest absolute Gasteiger partial charge is 0.328 e. The molecule has 0 radical (unpaired) electrons. The molecule has 3 nitrogen and oxygen atoms in total. The van der Waals surface area contributed by atoms with Gasteiger partial charge in [0.1, 0.15) is 5.75 Å². The van der Waals surface area contributed by atoms with Crippen LogP contribution in [0.3, 0.4) is 0 Å². The number of hydrogen-bond donors (Lipinski definition) is 1. The second-order valence-corrected chi connectivity index (χ2v) is 7.91. The molecule has 4 aromatic rings. The first-order valence-corrected chi connectivity index (χ1v) is 10.8. The molecule has 3 aromatic carbocycles. The molecule has 4 rings (SSSR count). The fourth-order valence-electron chi connectivity index (χ4n) is 3.41. The SMILES string of the molecule is O=C(O)/C=C/c1ccc(Cc2ccsc2)cc1OCCc1ccc2ccccc2c1. The predicted molar refractivity (Wildman–Crippen MR) is 123 cm³/mol. The lowest BCUT2D eigenvalue weighted by Gasteiger charge is -2.12. The molecule has 0 amide bonds. The van der Waals surface area contributed by atoms with E-state index in [1.807, 2.05) is 30.3 Å². The summed E-state index contributed by atoms with van der Waals surface area (Å²) in [5.74, 6) is -0.263. The van der Waals surface area contributed by atoms with Gasteiger partial charge >= 0.3 is 5.97 Å². The Bertz CT molecular complexity index is 1180. The third-order valence-corrected chi connectivity index (χ3v) is 5.67. The molecule has 0 atom stereocenters. The molecule has 0 aliphatic rings. The Balaban J connectivity index is 1.49. The highest BCUT2D eigenvalue weighted by Crippen LogP contribution is 2.25. The molecule has 0 saturated heterocycles. The number of thiophene rings is 1. The van der Waals surface area contributed by atoms with Gasteiger partial charge in [0.05, 0.1) is 6.61 Å². The summed E-state index contributed by atoms with van der Waals surface area (Å²) in [6.45, 7) is 0.522. The van der Waals surface area contributed by atoms with Crippen molar-refractivity contribution in [2.24, 2.45) is 0 Å². The standard InChI is InChI=1S/C26H22O3S/c27-26(28)10-9-23-8-6-20(15-21-12-14-30-18-21)17-25(23)29-13-11-19-5-7-22-3-1-2-4-24(22)16-19/h1-10,12,14,16-18H,11,13,15H2,(H,27,28)/b10-9+. The van der Waals surface area contributed by atoms with Crippen molar-refractivity contribution in [3.05, 3.63) is 106 Å². The van der Waals surface area contributed by atoms with Crippen LogP contribution in [0.5, 0.6) is 5.75 Å². The minimum absolute atomic E-state index is 0.522. The van der Waals surface area contributed by atoms with Gasteiger partial charge in [-0.05, 0) is 62.9 Å². The Morgan fingerprint density at radius 1 is 0.933 bits per heavy atom. The molecular weight excluding hydrogens is 392 g/mol. The quantitative estimate of drug-likeness (QED) is 0.349. The fourth-order valence-corrected chi connectivity index (χ4v) is 4.08. The van der Waals surface area contributed by atoms with E-state index in [0.29, 0.717) is 12.4 Å². The van der Waals surface area contributed by atoms with Crippen molar-refractivity contribution < 1.29 is 14.6 Å². The predicted octanol–water partition coefficient (Wildman–Crippen LogP) is 6.21. The second-order valence-electron chi connectivity index (χ2n) is 7.13. The number of fused-ring (bicyclic) bond motifs is 1.